The fraction of sp³-hybridized carbons (Fsp3) is 0.444. The van der Waals surface area contributed by atoms with Gasteiger partial charge in [0.2, 0.25) is 5.91 Å². The lowest BCUT2D eigenvalue weighted by Crippen LogP contribution is -2.37. The Balaban J connectivity index is 1.93. The minimum atomic E-state index is 0.0415. The van der Waals surface area contributed by atoms with E-state index in [-0.39, 0.29) is 11.7 Å². The zero-order valence-electron chi connectivity index (χ0n) is 13.3. The third-order valence-electron chi connectivity index (χ3n) is 4.43. The summed E-state index contributed by atoms with van der Waals surface area (Å²) in [4.78, 5) is 26.3. The first-order chi connectivity index (χ1) is 10.6. The number of likely N-dealkylation sites (tertiary alicyclic amines) is 1. The Morgan fingerprint density at radius 2 is 1.86 bits per heavy atom. The van der Waals surface area contributed by atoms with Crippen molar-refractivity contribution in [1.82, 2.24) is 9.47 Å². The van der Waals surface area contributed by atoms with Crippen LogP contribution in [0, 0.1) is 6.92 Å². The number of aromatic nitrogens is 1. The molecule has 2 heterocycles. The van der Waals surface area contributed by atoms with Crippen molar-refractivity contribution in [1.29, 1.82) is 0 Å². The number of carbonyl (C=O) groups excluding carboxylic acids is 2. The second kappa shape index (κ2) is 5.95. The van der Waals surface area contributed by atoms with Crippen molar-refractivity contribution < 1.29 is 9.59 Å². The Labute approximate surface area is 130 Å². The van der Waals surface area contributed by atoms with Gasteiger partial charge < -0.3 is 9.47 Å². The van der Waals surface area contributed by atoms with Crippen LogP contribution in [-0.4, -0.2) is 34.2 Å². The van der Waals surface area contributed by atoms with Gasteiger partial charge in [0, 0.05) is 35.8 Å². The number of fused-ring (bicyclic) bond motifs is 1. The average Bonchev–Trinajstić information content (AvgIpc) is 2.86. The van der Waals surface area contributed by atoms with E-state index < -0.39 is 0 Å². The highest BCUT2D eigenvalue weighted by Gasteiger charge is 2.19. The number of hydrogen-bond acceptors (Lipinski definition) is 2. The van der Waals surface area contributed by atoms with Gasteiger partial charge in [-0.05, 0) is 45.2 Å². The lowest BCUT2D eigenvalue weighted by atomic mass is 10.1. The molecule has 0 radical (unpaired) electrons. The summed E-state index contributed by atoms with van der Waals surface area (Å²) >= 11 is 0. The highest BCUT2D eigenvalue weighted by atomic mass is 16.2. The Bertz CT molecular complexity index is 724. The zero-order valence-corrected chi connectivity index (χ0v) is 13.3. The monoisotopic (exact) mass is 298 g/mol. The third-order valence-corrected chi connectivity index (χ3v) is 4.43. The molecule has 1 aliphatic rings. The molecule has 116 valence electrons. The number of rotatable bonds is 3. The van der Waals surface area contributed by atoms with Gasteiger partial charge in [-0.1, -0.05) is 11.6 Å². The topological polar surface area (TPSA) is 42.3 Å². The van der Waals surface area contributed by atoms with E-state index in [1.165, 1.54) is 6.42 Å². The van der Waals surface area contributed by atoms with Crippen LogP contribution in [0.25, 0.3) is 10.9 Å². The summed E-state index contributed by atoms with van der Waals surface area (Å²) in [6, 6.07) is 6.04. The van der Waals surface area contributed by atoms with E-state index in [4.69, 9.17) is 0 Å². The van der Waals surface area contributed by atoms with Crippen molar-refractivity contribution in [2.24, 2.45) is 0 Å². The van der Waals surface area contributed by atoms with Crippen LogP contribution >= 0.6 is 0 Å². The number of Topliss-reactive ketones (excluding diaryl/α,β-unsaturated/α-hetero) is 1. The van der Waals surface area contributed by atoms with E-state index in [0.29, 0.717) is 12.1 Å². The second-order valence-electron chi connectivity index (χ2n) is 6.19. The van der Waals surface area contributed by atoms with Gasteiger partial charge in [0.25, 0.3) is 0 Å². The molecule has 1 amide bonds. The summed E-state index contributed by atoms with van der Waals surface area (Å²) in [7, 11) is 0. The normalized spacial score (nSPS) is 15.3. The highest BCUT2D eigenvalue weighted by molar-refractivity contribution is 6.07. The highest BCUT2D eigenvalue weighted by Crippen LogP contribution is 2.24. The number of piperidine rings is 1. The molecule has 0 saturated carbocycles. The number of benzene rings is 1. The molecule has 1 aliphatic heterocycles. The summed E-state index contributed by atoms with van der Waals surface area (Å²) in [5.74, 6) is 0.187. The van der Waals surface area contributed by atoms with Crippen LogP contribution in [0.5, 0.6) is 0 Å². The van der Waals surface area contributed by atoms with Crippen LogP contribution in [0.3, 0.4) is 0 Å². The molecule has 4 heteroatoms. The number of nitrogens with zero attached hydrogens (tertiary/aromatic N) is 2. The molecule has 0 N–H and O–H groups in total. The van der Waals surface area contributed by atoms with Gasteiger partial charge in [-0.3, -0.25) is 9.59 Å². The lowest BCUT2D eigenvalue weighted by Gasteiger charge is -2.27. The van der Waals surface area contributed by atoms with Crippen LogP contribution in [-0.2, 0) is 11.3 Å². The maximum atomic E-state index is 12.5. The first-order valence-electron chi connectivity index (χ1n) is 7.94. The molecule has 3 rings (SSSR count). The van der Waals surface area contributed by atoms with Crippen LogP contribution in [0.2, 0.25) is 0 Å². The van der Waals surface area contributed by atoms with Crippen LogP contribution < -0.4 is 0 Å². The van der Waals surface area contributed by atoms with Gasteiger partial charge >= 0.3 is 0 Å². The predicted octanol–water partition coefficient (Wildman–Crippen LogP) is 3.16. The largest absolute Gasteiger partial charge is 0.341 e. The van der Waals surface area contributed by atoms with Crippen molar-refractivity contribution in [3.05, 3.63) is 35.5 Å². The molecule has 1 aromatic heterocycles. The van der Waals surface area contributed by atoms with E-state index in [1.807, 2.05) is 40.8 Å². The summed E-state index contributed by atoms with van der Waals surface area (Å²) in [5, 5.41) is 0.943. The average molecular weight is 298 g/mol. The Morgan fingerprint density at radius 3 is 2.55 bits per heavy atom. The van der Waals surface area contributed by atoms with E-state index >= 15 is 0 Å². The Morgan fingerprint density at radius 1 is 1.14 bits per heavy atom. The van der Waals surface area contributed by atoms with Gasteiger partial charge in [-0.2, -0.15) is 0 Å². The van der Waals surface area contributed by atoms with Crippen molar-refractivity contribution >= 4 is 22.6 Å². The number of carbonyl (C=O) groups is 2. The molecule has 1 aromatic carbocycles. The third kappa shape index (κ3) is 2.78. The van der Waals surface area contributed by atoms with Crippen molar-refractivity contribution in [2.75, 3.05) is 13.1 Å². The maximum Gasteiger partial charge on any atom is 0.242 e. The number of aryl methyl sites for hydroxylation is 1. The molecular formula is C18H22N2O2. The molecule has 0 spiro atoms. The lowest BCUT2D eigenvalue weighted by molar-refractivity contribution is -0.132. The summed E-state index contributed by atoms with van der Waals surface area (Å²) in [6.07, 6.45) is 5.23. The van der Waals surface area contributed by atoms with E-state index in [0.717, 1.165) is 42.4 Å². The van der Waals surface area contributed by atoms with Gasteiger partial charge in [0.05, 0.1) is 0 Å². The molecule has 4 nitrogen and oxygen atoms in total. The minimum absolute atomic E-state index is 0.0415. The first-order valence-corrected chi connectivity index (χ1v) is 7.94. The van der Waals surface area contributed by atoms with E-state index in [9.17, 15) is 9.59 Å². The van der Waals surface area contributed by atoms with Crippen molar-refractivity contribution in [3.63, 3.8) is 0 Å². The zero-order chi connectivity index (χ0) is 15.7. The molecule has 0 aliphatic carbocycles. The molecule has 2 aromatic rings. The molecule has 0 atom stereocenters. The molecule has 1 fully saturated rings. The quantitative estimate of drug-likeness (QED) is 0.817. The number of ketones is 1. The summed E-state index contributed by atoms with van der Waals surface area (Å²) in [5.41, 5.74) is 2.78. The smallest absolute Gasteiger partial charge is 0.242 e. The van der Waals surface area contributed by atoms with Gasteiger partial charge in [-0.25, -0.2) is 0 Å². The SMILES string of the molecule is CC(=O)c1cn(CC(=O)N2CCCCC2)c2ccc(C)cc12. The second-order valence-corrected chi connectivity index (χ2v) is 6.19. The number of hydrogen-bond donors (Lipinski definition) is 0. The molecule has 22 heavy (non-hydrogen) atoms. The van der Waals surface area contributed by atoms with E-state index in [1.54, 1.807) is 6.92 Å². The van der Waals surface area contributed by atoms with Crippen molar-refractivity contribution in [3.8, 4) is 0 Å². The molecule has 0 unspecified atom stereocenters. The van der Waals surface area contributed by atoms with Gasteiger partial charge in [0.15, 0.2) is 5.78 Å². The molecule has 1 saturated heterocycles. The summed E-state index contributed by atoms with van der Waals surface area (Å²) < 4.78 is 1.92. The van der Waals surface area contributed by atoms with Gasteiger partial charge in [-0.15, -0.1) is 0 Å². The van der Waals surface area contributed by atoms with Gasteiger partial charge in [0.1, 0.15) is 6.54 Å². The molecular weight excluding hydrogens is 276 g/mol. The summed E-state index contributed by atoms with van der Waals surface area (Å²) in [6.45, 7) is 5.62. The fourth-order valence-corrected chi connectivity index (χ4v) is 3.21. The van der Waals surface area contributed by atoms with E-state index in [2.05, 4.69) is 0 Å². The Hall–Kier alpha value is -2.10. The van der Waals surface area contributed by atoms with Crippen LogP contribution in [0.4, 0.5) is 0 Å². The maximum absolute atomic E-state index is 12.5. The Kier molecular flexibility index (Phi) is 4.01. The molecule has 0 bridgehead atoms. The fourth-order valence-electron chi connectivity index (χ4n) is 3.21. The standard InChI is InChI=1S/C18H22N2O2/c1-13-6-7-17-15(10-13)16(14(2)21)11-20(17)12-18(22)19-8-4-3-5-9-19/h6-7,10-11H,3-5,8-9,12H2,1-2H3. The first kappa shape index (κ1) is 14.8. The predicted molar refractivity (Wildman–Crippen MR) is 87.1 cm³/mol. The van der Waals surface area contributed by atoms with Crippen LogP contribution in [0.1, 0.15) is 42.1 Å². The number of amides is 1. The van der Waals surface area contributed by atoms with Crippen molar-refractivity contribution in [2.45, 2.75) is 39.7 Å². The minimum Gasteiger partial charge on any atom is -0.341 e. The van der Waals surface area contributed by atoms with Crippen LogP contribution in [0.15, 0.2) is 24.4 Å².